The lowest BCUT2D eigenvalue weighted by atomic mass is 10.0. The van der Waals surface area contributed by atoms with Crippen molar-refractivity contribution in [2.24, 2.45) is 11.5 Å². The highest BCUT2D eigenvalue weighted by Gasteiger charge is 2.04. The summed E-state index contributed by atoms with van der Waals surface area (Å²) in [7, 11) is 0. The molecule has 0 bridgehead atoms. The molecule has 2 nitrogen and oxygen atoms in total. The molecule has 12 heavy (non-hydrogen) atoms. The van der Waals surface area contributed by atoms with Crippen molar-refractivity contribution in [1.29, 1.82) is 0 Å². The molecule has 1 aromatic rings. The van der Waals surface area contributed by atoms with E-state index < -0.39 is 0 Å². The maximum Gasteiger partial charge on any atom is 0.0165 e. The third-order valence-corrected chi connectivity index (χ3v) is 2.28. The van der Waals surface area contributed by atoms with Gasteiger partial charge in [-0.3, -0.25) is 0 Å². The Hall–Kier alpha value is -1.44. The van der Waals surface area contributed by atoms with Crippen LogP contribution in [0.5, 0.6) is 0 Å². The summed E-state index contributed by atoms with van der Waals surface area (Å²) in [5.74, 6) is 0. The van der Waals surface area contributed by atoms with Crippen LogP contribution in [0.15, 0.2) is 24.3 Å². The van der Waals surface area contributed by atoms with E-state index in [4.69, 9.17) is 11.5 Å². The van der Waals surface area contributed by atoms with Crippen molar-refractivity contribution >= 4 is 11.4 Å². The van der Waals surface area contributed by atoms with Gasteiger partial charge in [-0.25, -0.2) is 0 Å². The minimum Gasteiger partial charge on any atom is -0.402 e. The molecule has 0 unspecified atom stereocenters. The van der Waals surface area contributed by atoms with E-state index in [0.29, 0.717) is 0 Å². The van der Waals surface area contributed by atoms with Crippen LogP contribution in [0.1, 0.15) is 12.8 Å². The molecule has 0 atom stereocenters. The first-order valence-corrected chi connectivity index (χ1v) is 4.11. The summed E-state index contributed by atoms with van der Waals surface area (Å²) >= 11 is 0. The number of hydrogen-bond acceptors (Lipinski definition) is 2. The lowest BCUT2D eigenvalue weighted by Gasteiger charge is -2.09. The van der Waals surface area contributed by atoms with E-state index in [1.165, 1.54) is 0 Å². The van der Waals surface area contributed by atoms with E-state index in [-0.39, 0.29) is 0 Å². The van der Waals surface area contributed by atoms with Crippen molar-refractivity contribution < 1.29 is 0 Å². The van der Waals surface area contributed by atoms with Gasteiger partial charge in [0, 0.05) is 21.8 Å². The third kappa shape index (κ3) is 0.961. The molecule has 1 aliphatic rings. The molecule has 0 heterocycles. The molecule has 0 spiro atoms. The molecule has 0 aliphatic heterocycles. The Morgan fingerprint density at radius 3 is 1.67 bits per heavy atom. The minimum atomic E-state index is 0.892. The molecule has 0 amide bonds. The highest BCUT2D eigenvalue weighted by Crippen LogP contribution is 2.04. The molecule has 0 saturated carbocycles. The van der Waals surface area contributed by atoms with Gasteiger partial charge in [-0.1, -0.05) is 24.3 Å². The molecule has 0 radical (unpaired) electrons. The van der Waals surface area contributed by atoms with Crippen LogP contribution in [0.25, 0.3) is 11.4 Å². The fourth-order valence-electron chi connectivity index (χ4n) is 1.58. The number of benzene rings is 1. The number of fused-ring (bicyclic) bond motifs is 1. The summed E-state index contributed by atoms with van der Waals surface area (Å²) < 4.78 is 0. The smallest absolute Gasteiger partial charge is 0.0165 e. The molecule has 0 saturated heterocycles. The van der Waals surface area contributed by atoms with Crippen molar-refractivity contribution in [3.8, 4) is 0 Å². The van der Waals surface area contributed by atoms with Crippen molar-refractivity contribution in [3.63, 3.8) is 0 Å². The molecule has 1 aromatic carbocycles. The molecule has 4 N–H and O–H groups in total. The highest BCUT2D eigenvalue weighted by molar-refractivity contribution is 5.53. The largest absolute Gasteiger partial charge is 0.402 e. The van der Waals surface area contributed by atoms with Gasteiger partial charge in [0.25, 0.3) is 0 Å². The maximum atomic E-state index is 5.86. The average Bonchev–Trinajstić information content (AvgIpc) is 2.12. The Labute approximate surface area is 71.2 Å². The van der Waals surface area contributed by atoms with Gasteiger partial charge in [0.15, 0.2) is 0 Å². The Morgan fingerprint density at radius 1 is 0.833 bits per heavy atom. The Balaban J connectivity index is 2.95. The zero-order valence-corrected chi connectivity index (χ0v) is 6.88. The topological polar surface area (TPSA) is 52.0 Å². The van der Waals surface area contributed by atoms with Crippen molar-refractivity contribution in [2.75, 3.05) is 0 Å². The van der Waals surface area contributed by atoms with Gasteiger partial charge in [0.1, 0.15) is 0 Å². The number of rotatable bonds is 0. The fourth-order valence-corrected chi connectivity index (χ4v) is 1.58. The van der Waals surface area contributed by atoms with Crippen molar-refractivity contribution in [3.05, 3.63) is 34.7 Å². The van der Waals surface area contributed by atoms with E-state index >= 15 is 0 Å². The standard InChI is InChI=1S/C10H12N2/c11-9-5-6-10(12)8-4-2-1-3-7(8)9/h1-4H,5-6,11-12H2. The second-order valence-corrected chi connectivity index (χ2v) is 3.10. The van der Waals surface area contributed by atoms with Crippen molar-refractivity contribution in [2.45, 2.75) is 12.8 Å². The van der Waals surface area contributed by atoms with Gasteiger partial charge in [0.05, 0.1) is 0 Å². The molecular formula is C10H12N2. The van der Waals surface area contributed by atoms with Crippen LogP contribution in [-0.2, 0) is 0 Å². The molecule has 0 fully saturated rings. The third-order valence-electron chi connectivity index (χ3n) is 2.28. The van der Waals surface area contributed by atoms with Gasteiger partial charge in [-0.05, 0) is 12.8 Å². The van der Waals surface area contributed by atoms with E-state index in [9.17, 15) is 0 Å². The summed E-state index contributed by atoms with van der Waals surface area (Å²) in [5.41, 5.74) is 13.6. The van der Waals surface area contributed by atoms with Gasteiger partial charge in [-0.15, -0.1) is 0 Å². The predicted molar refractivity (Wildman–Crippen MR) is 50.1 cm³/mol. The van der Waals surface area contributed by atoms with Crippen LogP contribution >= 0.6 is 0 Å². The van der Waals surface area contributed by atoms with Crippen LogP contribution in [0.4, 0.5) is 0 Å². The monoisotopic (exact) mass is 160 g/mol. The molecule has 2 heteroatoms. The summed E-state index contributed by atoms with van der Waals surface area (Å²) in [6.45, 7) is 0. The average molecular weight is 160 g/mol. The number of hydrogen-bond donors (Lipinski definition) is 2. The van der Waals surface area contributed by atoms with E-state index in [1.54, 1.807) is 0 Å². The van der Waals surface area contributed by atoms with Gasteiger partial charge < -0.3 is 11.5 Å². The minimum absolute atomic E-state index is 0.892. The number of nitrogens with two attached hydrogens (primary N) is 2. The zero-order valence-electron chi connectivity index (χ0n) is 6.88. The Morgan fingerprint density at radius 2 is 1.25 bits per heavy atom. The summed E-state index contributed by atoms with van der Waals surface area (Å²) in [6.07, 6.45) is 1.78. The first kappa shape index (κ1) is 7.22. The Bertz CT molecular complexity index is 377. The highest BCUT2D eigenvalue weighted by atomic mass is 14.6. The van der Waals surface area contributed by atoms with E-state index in [1.807, 2.05) is 24.3 Å². The zero-order chi connectivity index (χ0) is 8.55. The predicted octanol–water partition coefficient (Wildman–Crippen LogP) is -0.386. The Kier molecular flexibility index (Phi) is 1.54. The maximum absolute atomic E-state index is 5.86. The van der Waals surface area contributed by atoms with Crippen LogP contribution < -0.4 is 21.9 Å². The van der Waals surface area contributed by atoms with E-state index in [2.05, 4.69) is 0 Å². The second kappa shape index (κ2) is 2.55. The lowest BCUT2D eigenvalue weighted by molar-refractivity contribution is 1.00. The van der Waals surface area contributed by atoms with E-state index in [0.717, 1.165) is 34.7 Å². The first-order valence-electron chi connectivity index (χ1n) is 4.11. The fraction of sp³-hybridized carbons (Fsp3) is 0.200. The summed E-state index contributed by atoms with van der Waals surface area (Å²) in [5, 5.41) is 2.22. The second-order valence-electron chi connectivity index (χ2n) is 3.10. The first-order chi connectivity index (χ1) is 5.79. The molecule has 0 aromatic heterocycles. The summed E-state index contributed by atoms with van der Waals surface area (Å²) in [6, 6.07) is 8.03. The molecule has 1 aliphatic carbocycles. The van der Waals surface area contributed by atoms with Crippen LogP contribution in [0.3, 0.4) is 0 Å². The van der Waals surface area contributed by atoms with Gasteiger partial charge in [0.2, 0.25) is 0 Å². The molecule has 2 rings (SSSR count). The SMILES string of the molecule is NC1=c2ccccc2=C(N)CC1. The van der Waals surface area contributed by atoms with Gasteiger partial charge in [-0.2, -0.15) is 0 Å². The van der Waals surface area contributed by atoms with Crippen molar-refractivity contribution in [1.82, 2.24) is 0 Å². The normalized spacial score (nSPS) is 16.0. The van der Waals surface area contributed by atoms with Crippen LogP contribution in [0.2, 0.25) is 0 Å². The quantitative estimate of drug-likeness (QED) is 0.543. The molecule has 62 valence electrons. The summed E-state index contributed by atoms with van der Waals surface area (Å²) in [4.78, 5) is 0. The van der Waals surface area contributed by atoms with Crippen LogP contribution in [-0.4, -0.2) is 0 Å². The lowest BCUT2D eigenvalue weighted by Crippen LogP contribution is -2.36. The van der Waals surface area contributed by atoms with Gasteiger partial charge >= 0.3 is 0 Å². The molecular weight excluding hydrogens is 148 g/mol. The van der Waals surface area contributed by atoms with Crippen LogP contribution in [0, 0.1) is 0 Å².